The minimum Gasteiger partial charge on any atom is -0.324 e. The van der Waals surface area contributed by atoms with E-state index in [1.807, 2.05) is 0 Å². The van der Waals surface area contributed by atoms with Crippen molar-refractivity contribution in [3.8, 4) is 5.69 Å². The summed E-state index contributed by atoms with van der Waals surface area (Å²) in [5.74, 6) is 0.663. The van der Waals surface area contributed by atoms with E-state index in [2.05, 4.69) is 42.1 Å². The number of benzene rings is 1. The van der Waals surface area contributed by atoms with E-state index in [1.54, 1.807) is 11.0 Å². The van der Waals surface area contributed by atoms with Gasteiger partial charge < -0.3 is 5.73 Å². The Bertz CT molecular complexity index is 473. The summed E-state index contributed by atoms with van der Waals surface area (Å²) in [7, 11) is 0. The maximum absolute atomic E-state index is 5.47. The van der Waals surface area contributed by atoms with Gasteiger partial charge in [-0.05, 0) is 31.0 Å². The third kappa shape index (κ3) is 1.89. The molecule has 0 unspecified atom stereocenters. The summed E-state index contributed by atoms with van der Waals surface area (Å²) in [4.78, 5) is 4.11. The van der Waals surface area contributed by atoms with Gasteiger partial charge in [-0.2, -0.15) is 0 Å². The Labute approximate surface area is 88.8 Å². The van der Waals surface area contributed by atoms with Crippen LogP contribution in [0.2, 0.25) is 0 Å². The van der Waals surface area contributed by atoms with Crippen molar-refractivity contribution in [2.24, 2.45) is 5.73 Å². The predicted molar refractivity (Wildman–Crippen MR) is 58.7 cm³/mol. The van der Waals surface area contributed by atoms with Crippen molar-refractivity contribution in [1.29, 1.82) is 0 Å². The molecule has 2 N–H and O–H groups in total. The molecule has 0 aliphatic heterocycles. The summed E-state index contributed by atoms with van der Waals surface area (Å²) >= 11 is 0. The van der Waals surface area contributed by atoms with Crippen molar-refractivity contribution in [2.75, 3.05) is 0 Å². The lowest BCUT2D eigenvalue weighted by Crippen LogP contribution is -2.02. The third-order valence-corrected chi connectivity index (χ3v) is 2.33. The van der Waals surface area contributed by atoms with Crippen LogP contribution in [0.5, 0.6) is 0 Å². The van der Waals surface area contributed by atoms with Gasteiger partial charge in [0, 0.05) is 0 Å². The molecule has 0 atom stereocenters. The average molecular weight is 202 g/mol. The second-order valence-corrected chi connectivity index (χ2v) is 3.60. The van der Waals surface area contributed by atoms with Gasteiger partial charge in [0.1, 0.15) is 6.33 Å². The number of nitrogens with two attached hydrogens (primary N) is 1. The summed E-state index contributed by atoms with van der Waals surface area (Å²) in [6.45, 7) is 4.49. The van der Waals surface area contributed by atoms with E-state index in [0.717, 1.165) is 5.69 Å². The fourth-order valence-electron chi connectivity index (χ4n) is 1.47. The first kappa shape index (κ1) is 9.86. The number of hydrogen-bond donors (Lipinski definition) is 1. The normalized spacial score (nSPS) is 10.6. The zero-order chi connectivity index (χ0) is 10.8. The molecule has 15 heavy (non-hydrogen) atoms. The van der Waals surface area contributed by atoms with Gasteiger partial charge in [-0.25, -0.2) is 9.67 Å². The lowest BCUT2D eigenvalue weighted by Gasteiger charge is -2.05. The van der Waals surface area contributed by atoms with Crippen LogP contribution in [0.25, 0.3) is 5.69 Å². The standard InChI is InChI=1S/C11H14N4/c1-8-3-4-9(2)10(5-8)15-7-13-11(6-12)14-15/h3-5,7H,6,12H2,1-2H3. The molecule has 0 spiro atoms. The highest BCUT2D eigenvalue weighted by molar-refractivity contribution is 5.41. The number of aryl methyl sites for hydroxylation is 2. The maximum Gasteiger partial charge on any atom is 0.164 e. The van der Waals surface area contributed by atoms with Crippen LogP contribution in [0, 0.1) is 13.8 Å². The predicted octanol–water partition coefficient (Wildman–Crippen LogP) is 1.34. The van der Waals surface area contributed by atoms with Crippen LogP contribution in [0.15, 0.2) is 24.5 Å². The van der Waals surface area contributed by atoms with Crippen LogP contribution in [-0.2, 0) is 6.54 Å². The molecule has 1 aromatic carbocycles. The van der Waals surface area contributed by atoms with Crippen LogP contribution in [0.3, 0.4) is 0 Å². The fraction of sp³-hybridized carbons (Fsp3) is 0.273. The van der Waals surface area contributed by atoms with Crippen molar-refractivity contribution < 1.29 is 0 Å². The topological polar surface area (TPSA) is 56.7 Å². The van der Waals surface area contributed by atoms with Crippen molar-refractivity contribution >= 4 is 0 Å². The van der Waals surface area contributed by atoms with Crippen LogP contribution in [0.4, 0.5) is 0 Å². The number of nitrogens with zero attached hydrogens (tertiary/aromatic N) is 3. The van der Waals surface area contributed by atoms with Crippen molar-refractivity contribution in [3.63, 3.8) is 0 Å². The van der Waals surface area contributed by atoms with E-state index in [9.17, 15) is 0 Å². The largest absolute Gasteiger partial charge is 0.324 e. The van der Waals surface area contributed by atoms with Gasteiger partial charge in [-0.15, -0.1) is 5.10 Å². The molecule has 0 aliphatic rings. The first-order valence-electron chi connectivity index (χ1n) is 4.89. The van der Waals surface area contributed by atoms with E-state index in [0.29, 0.717) is 12.4 Å². The molecule has 0 fully saturated rings. The highest BCUT2D eigenvalue weighted by Crippen LogP contribution is 2.14. The van der Waals surface area contributed by atoms with Crippen LogP contribution >= 0.6 is 0 Å². The molecule has 4 heteroatoms. The van der Waals surface area contributed by atoms with Crippen molar-refractivity contribution in [3.05, 3.63) is 41.5 Å². The third-order valence-electron chi connectivity index (χ3n) is 2.33. The summed E-state index contributed by atoms with van der Waals surface area (Å²) in [5.41, 5.74) is 8.91. The van der Waals surface area contributed by atoms with Gasteiger partial charge in [-0.3, -0.25) is 0 Å². The molecule has 0 bridgehead atoms. The highest BCUT2D eigenvalue weighted by atomic mass is 15.3. The van der Waals surface area contributed by atoms with Gasteiger partial charge in [0.25, 0.3) is 0 Å². The Balaban J connectivity index is 2.48. The van der Waals surface area contributed by atoms with Crippen LogP contribution in [-0.4, -0.2) is 14.8 Å². The molecule has 0 saturated heterocycles. The molecule has 2 aromatic rings. The lowest BCUT2D eigenvalue weighted by molar-refractivity contribution is 0.825. The molecule has 78 valence electrons. The smallest absolute Gasteiger partial charge is 0.164 e. The monoisotopic (exact) mass is 202 g/mol. The van der Waals surface area contributed by atoms with Gasteiger partial charge in [0.2, 0.25) is 0 Å². The van der Waals surface area contributed by atoms with Crippen LogP contribution in [0.1, 0.15) is 17.0 Å². The zero-order valence-electron chi connectivity index (χ0n) is 8.94. The van der Waals surface area contributed by atoms with E-state index in [-0.39, 0.29) is 0 Å². The summed E-state index contributed by atoms with van der Waals surface area (Å²) in [6, 6.07) is 6.25. The SMILES string of the molecule is Cc1ccc(C)c(-n2cnc(CN)n2)c1. The first-order chi connectivity index (χ1) is 7.20. The molecule has 1 heterocycles. The molecular weight excluding hydrogens is 188 g/mol. The minimum absolute atomic E-state index is 0.373. The minimum atomic E-state index is 0.373. The Morgan fingerprint density at radius 2 is 2.13 bits per heavy atom. The summed E-state index contributed by atoms with van der Waals surface area (Å²) in [5, 5.41) is 4.28. The van der Waals surface area contributed by atoms with E-state index in [4.69, 9.17) is 5.73 Å². The second-order valence-electron chi connectivity index (χ2n) is 3.60. The summed E-state index contributed by atoms with van der Waals surface area (Å²) in [6.07, 6.45) is 1.70. The number of aromatic nitrogens is 3. The van der Waals surface area contributed by atoms with Gasteiger partial charge in [0.15, 0.2) is 5.82 Å². The Kier molecular flexibility index (Phi) is 2.51. The second kappa shape index (κ2) is 3.82. The molecule has 1 aromatic heterocycles. The summed E-state index contributed by atoms with van der Waals surface area (Å²) < 4.78 is 1.77. The number of rotatable bonds is 2. The maximum atomic E-state index is 5.47. The first-order valence-corrected chi connectivity index (χ1v) is 4.89. The molecule has 0 aliphatic carbocycles. The number of hydrogen-bond acceptors (Lipinski definition) is 3. The fourth-order valence-corrected chi connectivity index (χ4v) is 1.47. The quantitative estimate of drug-likeness (QED) is 0.799. The van der Waals surface area contributed by atoms with Crippen molar-refractivity contribution in [1.82, 2.24) is 14.8 Å². The molecular formula is C11H14N4. The lowest BCUT2D eigenvalue weighted by atomic mass is 10.1. The Morgan fingerprint density at radius 3 is 2.80 bits per heavy atom. The van der Waals surface area contributed by atoms with Crippen molar-refractivity contribution in [2.45, 2.75) is 20.4 Å². The van der Waals surface area contributed by atoms with Crippen LogP contribution < -0.4 is 5.73 Å². The molecule has 0 amide bonds. The average Bonchev–Trinajstić information content (AvgIpc) is 2.70. The van der Waals surface area contributed by atoms with Gasteiger partial charge in [0.05, 0.1) is 12.2 Å². The molecule has 0 radical (unpaired) electrons. The highest BCUT2D eigenvalue weighted by Gasteiger charge is 2.04. The Hall–Kier alpha value is -1.68. The molecule has 2 rings (SSSR count). The molecule has 4 nitrogen and oxygen atoms in total. The van der Waals surface area contributed by atoms with E-state index in [1.165, 1.54) is 11.1 Å². The van der Waals surface area contributed by atoms with E-state index >= 15 is 0 Å². The van der Waals surface area contributed by atoms with Gasteiger partial charge in [-0.1, -0.05) is 12.1 Å². The Morgan fingerprint density at radius 1 is 1.33 bits per heavy atom. The van der Waals surface area contributed by atoms with E-state index < -0.39 is 0 Å². The molecule has 0 saturated carbocycles. The van der Waals surface area contributed by atoms with Gasteiger partial charge >= 0.3 is 0 Å². The zero-order valence-corrected chi connectivity index (χ0v) is 8.94.